The Kier molecular flexibility index (Phi) is 6.42. The van der Waals surface area contributed by atoms with Crippen LogP contribution in [0.15, 0.2) is 53.5 Å². The van der Waals surface area contributed by atoms with E-state index in [2.05, 4.69) is 62.8 Å². The highest BCUT2D eigenvalue weighted by molar-refractivity contribution is 5.72. The van der Waals surface area contributed by atoms with Crippen LogP contribution in [0.1, 0.15) is 23.1 Å². The first-order valence-electron chi connectivity index (χ1n) is 11.7. The maximum atomic E-state index is 12.8. The summed E-state index contributed by atoms with van der Waals surface area (Å²) in [6, 6.07) is 14.6. The third-order valence-electron chi connectivity index (χ3n) is 6.55. The van der Waals surface area contributed by atoms with Crippen molar-refractivity contribution in [2.75, 3.05) is 32.1 Å². The largest absolute Gasteiger partial charge is 0.380 e. The van der Waals surface area contributed by atoms with E-state index in [0.717, 1.165) is 53.9 Å². The molecule has 34 heavy (non-hydrogen) atoms. The zero-order valence-corrected chi connectivity index (χ0v) is 19.6. The monoisotopic (exact) mass is 458 g/mol. The molecule has 0 bridgehead atoms. The maximum Gasteiger partial charge on any atom is 0.328 e. The van der Waals surface area contributed by atoms with E-state index >= 15 is 0 Å². The molecule has 2 aromatic carbocycles. The van der Waals surface area contributed by atoms with Crippen molar-refractivity contribution in [3.8, 4) is 11.1 Å². The molecule has 0 radical (unpaired) electrons. The highest BCUT2D eigenvalue weighted by atomic mass is 16.5. The number of fused-ring (bicyclic) bond motifs is 1. The zero-order valence-electron chi connectivity index (χ0n) is 19.6. The molecule has 1 atom stereocenters. The molecule has 4 aromatic rings. The van der Waals surface area contributed by atoms with Gasteiger partial charge in [-0.2, -0.15) is 4.98 Å². The molecule has 8 nitrogen and oxygen atoms in total. The lowest BCUT2D eigenvalue weighted by Crippen LogP contribution is -2.19. The van der Waals surface area contributed by atoms with Crippen molar-refractivity contribution in [3.05, 3.63) is 75.8 Å². The van der Waals surface area contributed by atoms with Crippen LogP contribution in [0.4, 0.5) is 5.95 Å². The molecule has 2 aromatic heterocycles. The molecule has 0 unspecified atom stereocenters. The molecule has 8 heteroatoms. The molecule has 5 rings (SSSR count). The van der Waals surface area contributed by atoms with Gasteiger partial charge in [-0.15, -0.1) is 0 Å². The number of imidazole rings is 1. The molecule has 0 spiro atoms. The second-order valence-electron chi connectivity index (χ2n) is 8.91. The van der Waals surface area contributed by atoms with E-state index in [-0.39, 0.29) is 5.69 Å². The van der Waals surface area contributed by atoms with Crippen molar-refractivity contribution < 1.29 is 4.74 Å². The molecule has 0 aliphatic carbocycles. The summed E-state index contributed by atoms with van der Waals surface area (Å²) in [6.45, 7) is 5.98. The van der Waals surface area contributed by atoms with Gasteiger partial charge in [0.1, 0.15) is 5.52 Å². The smallest absolute Gasteiger partial charge is 0.328 e. The number of hydrogen-bond acceptors (Lipinski definition) is 6. The molecule has 0 saturated carbocycles. The number of nitrogens with one attached hydrogen (secondary N) is 3. The number of hydrogen-bond donors (Lipinski definition) is 3. The summed E-state index contributed by atoms with van der Waals surface area (Å²) in [5.41, 5.74) is 6.68. The summed E-state index contributed by atoms with van der Waals surface area (Å²) in [5, 5.41) is 6.71. The Hall–Kier alpha value is -3.49. The quantitative estimate of drug-likeness (QED) is 0.375. The third kappa shape index (κ3) is 4.60. The first-order chi connectivity index (χ1) is 16.6. The van der Waals surface area contributed by atoms with Crippen molar-refractivity contribution in [2.24, 2.45) is 5.92 Å². The number of aromatic amines is 1. The first kappa shape index (κ1) is 22.3. The van der Waals surface area contributed by atoms with Crippen LogP contribution >= 0.6 is 0 Å². The van der Waals surface area contributed by atoms with Crippen LogP contribution in [0, 0.1) is 12.8 Å². The lowest BCUT2D eigenvalue weighted by atomic mass is 9.95. The number of aromatic nitrogens is 4. The number of rotatable bonds is 8. The predicted molar refractivity (Wildman–Crippen MR) is 134 cm³/mol. The molecule has 176 valence electrons. The summed E-state index contributed by atoms with van der Waals surface area (Å²) in [6.07, 6.45) is 2.83. The fourth-order valence-corrected chi connectivity index (χ4v) is 4.63. The van der Waals surface area contributed by atoms with E-state index < -0.39 is 0 Å². The summed E-state index contributed by atoms with van der Waals surface area (Å²) in [4.78, 5) is 24.7. The first-order valence-corrected chi connectivity index (χ1v) is 11.7. The Morgan fingerprint density at radius 3 is 2.94 bits per heavy atom. The van der Waals surface area contributed by atoms with Crippen molar-refractivity contribution >= 4 is 17.1 Å². The number of ether oxygens (including phenoxy) is 1. The lowest BCUT2D eigenvalue weighted by molar-refractivity contribution is 0.185. The standard InChI is InChI=1S/C26H30N6O2/c1-17-21(7-4-8-22(17)20-6-3-5-18(11-20)16-34-2)15-32-24-23(30-26(32)33)14-29-25(31-24)28-13-19-9-10-27-12-19/h3-8,11,14,19,27H,9-10,12-13,15-16H2,1-2H3,(H,30,33)(H,28,29,31)/t19-/m1/s1. The lowest BCUT2D eigenvalue weighted by Gasteiger charge is -2.13. The number of benzene rings is 2. The predicted octanol–water partition coefficient (Wildman–Crippen LogP) is 3.31. The summed E-state index contributed by atoms with van der Waals surface area (Å²) in [5.74, 6) is 1.12. The average Bonchev–Trinajstić information content (AvgIpc) is 3.47. The highest BCUT2D eigenvalue weighted by Gasteiger charge is 2.16. The van der Waals surface area contributed by atoms with Gasteiger partial charge < -0.3 is 20.4 Å². The second kappa shape index (κ2) is 9.79. The molecule has 3 heterocycles. The van der Waals surface area contributed by atoms with Crippen LogP contribution in [-0.4, -0.2) is 46.3 Å². The fraction of sp³-hybridized carbons (Fsp3) is 0.346. The fourth-order valence-electron chi connectivity index (χ4n) is 4.63. The topological polar surface area (TPSA) is 96.9 Å². The van der Waals surface area contributed by atoms with Gasteiger partial charge in [-0.1, -0.05) is 36.4 Å². The van der Waals surface area contributed by atoms with Gasteiger partial charge in [0.25, 0.3) is 0 Å². The summed E-state index contributed by atoms with van der Waals surface area (Å²) in [7, 11) is 1.70. The molecular weight excluding hydrogens is 428 g/mol. The van der Waals surface area contributed by atoms with Gasteiger partial charge in [0.2, 0.25) is 5.95 Å². The van der Waals surface area contributed by atoms with Crippen molar-refractivity contribution in [2.45, 2.75) is 26.5 Å². The Labute approximate surface area is 198 Å². The van der Waals surface area contributed by atoms with Crippen molar-refractivity contribution in [1.29, 1.82) is 0 Å². The molecule has 1 aliphatic rings. The van der Waals surface area contributed by atoms with Gasteiger partial charge in [-0.05, 0) is 66.2 Å². The minimum absolute atomic E-state index is 0.187. The molecule has 3 N–H and O–H groups in total. The minimum Gasteiger partial charge on any atom is -0.380 e. The molecule has 1 saturated heterocycles. The number of H-pyrrole nitrogens is 1. The molecule has 1 aliphatic heterocycles. The number of anilines is 1. The second-order valence-corrected chi connectivity index (χ2v) is 8.91. The van der Waals surface area contributed by atoms with E-state index in [4.69, 9.17) is 4.74 Å². The van der Waals surface area contributed by atoms with Gasteiger partial charge in [0.05, 0.1) is 19.3 Å². The van der Waals surface area contributed by atoms with Crippen LogP contribution in [-0.2, 0) is 17.9 Å². The van der Waals surface area contributed by atoms with Gasteiger partial charge >= 0.3 is 5.69 Å². The van der Waals surface area contributed by atoms with Crippen LogP contribution in [0.2, 0.25) is 0 Å². The van der Waals surface area contributed by atoms with Crippen LogP contribution in [0.5, 0.6) is 0 Å². The van der Waals surface area contributed by atoms with Crippen LogP contribution in [0.3, 0.4) is 0 Å². The zero-order chi connectivity index (χ0) is 23.5. The van der Waals surface area contributed by atoms with Gasteiger partial charge in [-0.3, -0.25) is 4.57 Å². The summed E-state index contributed by atoms with van der Waals surface area (Å²) >= 11 is 0. The van der Waals surface area contributed by atoms with Crippen LogP contribution in [0.25, 0.3) is 22.3 Å². The Morgan fingerprint density at radius 2 is 2.12 bits per heavy atom. The molecular formula is C26H30N6O2. The Morgan fingerprint density at radius 1 is 1.24 bits per heavy atom. The van der Waals surface area contributed by atoms with Crippen molar-refractivity contribution in [1.82, 2.24) is 24.8 Å². The normalized spacial score (nSPS) is 15.8. The van der Waals surface area contributed by atoms with E-state index in [1.54, 1.807) is 17.9 Å². The van der Waals surface area contributed by atoms with Crippen LogP contribution < -0.4 is 16.3 Å². The number of nitrogens with zero attached hydrogens (tertiary/aromatic N) is 3. The van der Waals surface area contributed by atoms with Gasteiger partial charge in [0, 0.05) is 13.7 Å². The number of methoxy groups -OCH3 is 1. The van der Waals surface area contributed by atoms with Crippen molar-refractivity contribution in [3.63, 3.8) is 0 Å². The van der Waals surface area contributed by atoms with E-state index in [9.17, 15) is 4.79 Å². The SMILES string of the molecule is COCc1cccc(-c2cccc(Cn3c(=O)[nH]c4cnc(NC[C@@H]5CCNC5)nc43)c2C)c1. The highest BCUT2D eigenvalue weighted by Crippen LogP contribution is 2.27. The summed E-state index contributed by atoms with van der Waals surface area (Å²) < 4.78 is 6.98. The third-order valence-corrected chi connectivity index (χ3v) is 6.55. The van der Waals surface area contributed by atoms with E-state index in [1.807, 2.05) is 12.1 Å². The molecule has 0 amide bonds. The van der Waals surface area contributed by atoms with Gasteiger partial charge in [0.15, 0.2) is 5.65 Å². The Bertz CT molecular complexity index is 1350. The van der Waals surface area contributed by atoms with E-state index in [0.29, 0.717) is 36.2 Å². The average molecular weight is 459 g/mol. The van der Waals surface area contributed by atoms with E-state index in [1.165, 1.54) is 0 Å². The maximum absolute atomic E-state index is 12.8. The Balaban J connectivity index is 1.44. The molecule has 1 fully saturated rings. The minimum atomic E-state index is -0.187. The van der Waals surface area contributed by atoms with Gasteiger partial charge in [-0.25, -0.2) is 9.78 Å².